The molecular formula is C12H15ClFN. The molecule has 0 spiro atoms. The highest BCUT2D eigenvalue weighted by Gasteiger charge is 2.19. The molecule has 1 aliphatic heterocycles. The van der Waals surface area contributed by atoms with E-state index in [0.717, 1.165) is 31.5 Å². The van der Waals surface area contributed by atoms with Gasteiger partial charge in [-0.1, -0.05) is 23.7 Å². The maximum absolute atomic E-state index is 12.9. The van der Waals surface area contributed by atoms with Gasteiger partial charge in [0.25, 0.3) is 0 Å². The highest BCUT2D eigenvalue weighted by molar-refractivity contribution is 6.31. The molecule has 1 aromatic carbocycles. The Morgan fingerprint density at radius 2 is 2.07 bits per heavy atom. The van der Waals surface area contributed by atoms with Gasteiger partial charge in [-0.15, -0.1) is 0 Å². The normalized spacial score (nSPS) is 18.0. The van der Waals surface area contributed by atoms with Crippen LogP contribution in [-0.4, -0.2) is 13.1 Å². The van der Waals surface area contributed by atoms with Crippen molar-refractivity contribution in [2.75, 3.05) is 13.1 Å². The molecule has 1 saturated heterocycles. The van der Waals surface area contributed by atoms with Crippen LogP contribution >= 0.6 is 11.6 Å². The third-order valence-corrected chi connectivity index (χ3v) is 3.42. The van der Waals surface area contributed by atoms with Crippen molar-refractivity contribution in [2.24, 2.45) is 0 Å². The Bertz CT molecular complexity index is 334. The van der Waals surface area contributed by atoms with Crippen LogP contribution in [0.25, 0.3) is 0 Å². The smallest absolute Gasteiger partial charge is 0.116 e. The quantitative estimate of drug-likeness (QED) is 0.818. The molecule has 0 unspecified atom stereocenters. The monoisotopic (exact) mass is 227 g/mol. The molecule has 1 N–H and O–H groups in total. The van der Waals surface area contributed by atoms with Crippen LogP contribution in [0.4, 0.5) is 4.39 Å². The Morgan fingerprint density at radius 3 is 2.73 bits per heavy atom. The molecule has 1 fully saturated rings. The largest absolute Gasteiger partial charge is 0.317 e. The summed E-state index contributed by atoms with van der Waals surface area (Å²) >= 11 is 5.99. The number of nitrogens with one attached hydrogen (secondary N) is 1. The zero-order chi connectivity index (χ0) is 10.7. The highest BCUT2D eigenvalue weighted by Crippen LogP contribution is 2.32. The number of alkyl halides is 1. The molecule has 2 rings (SSSR count). The summed E-state index contributed by atoms with van der Waals surface area (Å²) in [7, 11) is 0. The fourth-order valence-electron chi connectivity index (χ4n) is 2.23. The summed E-state index contributed by atoms with van der Waals surface area (Å²) in [5.74, 6) is 0.468. The molecule has 82 valence electrons. The third kappa shape index (κ3) is 2.32. The minimum Gasteiger partial charge on any atom is -0.317 e. The SMILES string of the molecule is FCc1c(Cl)cccc1C1CCNCC1. The molecule has 0 aromatic heterocycles. The van der Waals surface area contributed by atoms with Gasteiger partial charge >= 0.3 is 0 Å². The second-order valence-electron chi connectivity index (χ2n) is 3.97. The Balaban J connectivity index is 2.29. The van der Waals surface area contributed by atoms with Crippen molar-refractivity contribution in [3.63, 3.8) is 0 Å². The Labute approximate surface area is 94.6 Å². The van der Waals surface area contributed by atoms with Gasteiger partial charge in [-0.2, -0.15) is 0 Å². The molecular weight excluding hydrogens is 213 g/mol. The molecule has 0 amide bonds. The molecule has 1 aromatic rings. The third-order valence-electron chi connectivity index (χ3n) is 3.07. The van der Waals surface area contributed by atoms with Gasteiger partial charge in [-0.25, -0.2) is 4.39 Å². The first-order chi connectivity index (χ1) is 7.33. The average molecular weight is 228 g/mol. The van der Waals surface area contributed by atoms with Crippen LogP contribution in [0, 0.1) is 0 Å². The Hall–Kier alpha value is -0.600. The lowest BCUT2D eigenvalue weighted by molar-refractivity contribution is 0.442. The standard InChI is InChI=1S/C12H15ClFN/c13-12-3-1-2-10(11(12)8-14)9-4-6-15-7-5-9/h1-3,9,15H,4-8H2. The minimum absolute atomic E-state index is 0.459. The zero-order valence-electron chi connectivity index (χ0n) is 8.60. The zero-order valence-corrected chi connectivity index (χ0v) is 9.36. The summed E-state index contributed by atoms with van der Waals surface area (Å²) in [5.41, 5.74) is 1.79. The van der Waals surface area contributed by atoms with Crippen molar-refractivity contribution in [1.82, 2.24) is 5.32 Å². The van der Waals surface area contributed by atoms with E-state index < -0.39 is 6.67 Å². The fraction of sp³-hybridized carbons (Fsp3) is 0.500. The number of rotatable bonds is 2. The van der Waals surface area contributed by atoms with Crippen LogP contribution < -0.4 is 5.32 Å². The van der Waals surface area contributed by atoms with Crippen LogP contribution in [0.1, 0.15) is 29.9 Å². The van der Waals surface area contributed by atoms with Gasteiger partial charge in [-0.3, -0.25) is 0 Å². The summed E-state index contributed by atoms with van der Waals surface area (Å²) in [6, 6.07) is 5.69. The van der Waals surface area contributed by atoms with Gasteiger partial charge in [0.15, 0.2) is 0 Å². The number of benzene rings is 1. The predicted molar refractivity (Wildman–Crippen MR) is 61.1 cm³/mol. The number of halogens is 2. The molecule has 0 bridgehead atoms. The van der Waals surface area contributed by atoms with Crippen LogP contribution in [-0.2, 0) is 6.67 Å². The average Bonchev–Trinajstić information content (AvgIpc) is 2.30. The molecule has 15 heavy (non-hydrogen) atoms. The predicted octanol–water partition coefficient (Wildman–Crippen LogP) is 3.28. The van der Waals surface area contributed by atoms with E-state index in [1.165, 1.54) is 0 Å². The molecule has 3 heteroatoms. The molecule has 1 heterocycles. The van der Waals surface area contributed by atoms with Crippen LogP contribution in [0.2, 0.25) is 5.02 Å². The molecule has 0 saturated carbocycles. The van der Waals surface area contributed by atoms with Gasteiger partial charge in [0, 0.05) is 10.6 Å². The summed E-state index contributed by atoms with van der Waals surface area (Å²) in [4.78, 5) is 0. The molecule has 0 atom stereocenters. The lowest BCUT2D eigenvalue weighted by atomic mass is 9.87. The van der Waals surface area contributed by atoms with Gasteiger partial charge in [0.05, 0.1) is 0 Å². The first-order valence-corrected chi connectivity index (χ1v) is 5.74. The Kier molecular flexibility index (Phi) is 3.60. The first-order valence-electron chi connectivity index (χ1n) is 5.37. The van der Waals surface area contributed by atoms with E-state index in [-0.39, 0.29) is 0 Å². The molecule has 0 aliphatic carbocycles. The second-order valence-corrected chi connectivity index (χ2v) is 4.37. The van der Waals surface area contributed by atoms with Gasteiger partial charge in [-0.05, 0) is 43.5 Å². The number of piperidine rings is 1. The van der Waals surface area contributed by atoms with Crippen molar-refractivity contribution in [3.05, 3.63) is 34.3 Å². The van der Waals surface area contributed by atoms with E-state index in [9.17, 15) is 4.39 Å². The van der Waals surface area contributed by atoms with Crippen molar-refractivity contribution < 1.29 is 4.39 Å². The van der Waals surface area contributed by atoms with Crippen LogP contribution in [0.15, 0.2) is 18.2 Å². The number of hydrogen-bond donors (Lipinski definition) is 1. The van der Waals surface area contributed by atoms with Crippen LogP contribution in [0.5, 0.6) is 0 Å². The second kappa shape index (κ2) is 4.95. The molecule has 1 nitrogen and oxygen atoms in total. The lowest BCUT2D eigenvalue weighted by Crippen LogP contribution is -2.27. The van der Waals surface area contributed by atoms with E-state index in [0.29, 0.717) is 16.5 Å². The number of hydrogen-bond acceptors (Lipinski definition) is 1. The highest BCUT2D eigenvalue weighted by atomic mass is 35.5. The fourth-order valence-corrected chi connectivity index (χ4v) is 2.46. The summed E-state index contributed by atoms with van der Waals surface area (Å²) in [6.07, 6.45) is 2.15. The van der Waals surface area contributed by atoms with Crippen molar-refractivity contribution in [3.8, 4) is 0 Å². The minimum atomic E-state index is -0.459. The van der Waals surface area contributed by atoms with Gasteiger partial charge in [0.1, 0.15) is 6.67 Å². The molecule has 1 aliphatic rings. The van der Waals surface area contributed by atoms with Crippen molar-refractivity contribution in [2.45, 2.75) is 25.4 Å². The lowest BCUT2D eigenvalue weighted by Gasteiger charge is -2.24. The summed E-state index contributed by atoms with van der Waals surface area (Å²) in [6.45, 7) is 1.57. The van der Waals surface area contributed by atoms with E-state index in [1.807, 2.05) is 12.1 Å². The van der Waals surface area contributed by atoms with E-state index >= 15 is 0 Å². The van der Waals surface area contributed by atoms with Gasteiger partial charge in [0.2, 0.25) is 0 Å². The maximum Gasteiger partial charge on any atom is 0.116 e. The maximum atomic E-state index is 12.9. The topological polar surface area (TPSA) is 12.0 Å². The van der Waals surface area contributed by atoms with E-state index in [2.05, 4.69) is 5.32 Å². The Morgan fingerprint density at radius 1 is 1.33 bits per heavy atom. The van der Waals surface area contributed by atoms with Crippen LogP contribution in [0.3, 0.4) is 0 Å². The van der Waals surface area contributed by atoms with Crippen molar-refractivity contribution in [1.29, 1.82) is 0 Å². The van der Waals surface area contributed by atoms with Gasteiger partial charge < -0.3 is 5.32 Å². The van der Waals surface area contributed by atoms with E-state index in [4.69, 9.17) is 11.6 Å². The molecule has 0 radical (unpaired) electrons. The summed E-state index contributed by atoms with van der Waals surface area (Å²) < 4.78 is 12.9. The first kappa shape index (κ1) is 10.9. The van der Waals surface area contributed by atoms with E-state index in [1.54, 1.807) is 6.07 Å². The summed E-state index contributed by atoms with van der Waals surface area (Å²) in [5, 5.41) is 3.87. The van der Waals surface area contributed by atoms with Crippen molar-refractivity contribution >= 4 is 11.6 Å².